The maximum absolute atomic E-state index is 12.6. The molecule has 1 amide bonds. The van der Waals surface area contributed by atoms with Crippen LogP contribution in [0.2, 0.25) is 0 Å². The molecule has 4 heteroatoms. The summed E-state index contributed by atoms with van der Waals surface area (Å²) in [5.41, 5.74) is 3.40. The Hall–Kier alpha value is -2.49. The SMILES string of the molecule is CC(C)(C)c1ccccc1N1CCN(C(=O)Cc2ccccc2O)CC1. The number of carbonyl (C=O) groups is 1. The van der Waals surface area contributed by atoms with Gasteiger partial charge in [-0.15, -0.1) is 0 Å². The van der Waals surface area contributed by atoms with Crippen LogP contribution in [-0.2, 0) is 16.6 Å². The molecule has 26 heavy (non-hydrogen) atoms. The van der Waals surface area contributed by atoms with Crippen molar-refractivity contribution < 1.29 is 9.90 Å². The molecule has 3 rings (SSSR count). The van der Waals surface area contributed by atoms with E-state index in [-0.39, 0.29) is 23.5 Å². The third-order valence-electron chi connectivity index (χ3n) is 5.02. The second kappa shape index (κ2) is 7.40. The van der Waals surface area contributed by atoms with E-state index in [9.17, 15) is 9.90 Å². The molecule has 0 radical (unpaired) electrons. The largest absolute Gasteiger partial charge is 0.508 e. The van der Waals surface area contributed by atoms with Gasteiger partial charge in [-0.1, -0.05) is 57.2 Å². The summed E-state index contributed by atoms with van der Waals surface area (Å²) in [5.74, 6) is 0.272. The minimum Gasteiger partial charge on any atom is -0.508 e. The lowest BCUT2D eigenvalue weighted by Gasteiger charge is -2.38. The van der Waals surface area contributed by atoms with Gasteiger partial charge in [-0.3, -0.25) is 4.79 Å². The van der Waals surface area contributed by atoms with Crippen LogP contribution in [0.3, 0.4) is 0 Å². The number of hydrogen-bond acceptors (Lipinski definition) is 3. The highest BCUT2D eigenvalue weighted by Crippen LogP contribution is 2.32. The normalized spacial score (nSPS) is 15.2. The van der Waals surface area contributed by atoms with Gasteiger partial charge in [0.25, 0.3) is 0 Å². The Morgan fingerprint density at radius 3 is 2.23 bits per heavy atom. The Bertz CT molecular complexity index is 772. The van der Waals surface area contributed by atoms with Crippen LogP contribution in [0.25, 0.3) is 0 Å². The van der Waals surface area contributed by atoms with Gasteiger partial charge in [0.1, 0.15) is 5.75 Å². The topological polar surface area (TPSA) is 43.8 Å². The minimum absolute atomic E-state index is 0.0789. The molecule has 1 heterocycles. The van der Waals surface area contributed by atoms with Crippen LogP contribution in [0.5, 0.6) is 5.75 Å². The van der Waals surface area contributed by atoms with Crippen LogP contribution in [0.1, 0.15) is 31.9 Å². The first-order valence-corrected chi connectivity index (χ1v) is 9.25. The molecule has 0 bridgehead atoms. The Balaban J connectivity index is 1.65. The molecular formula is C22H28N2O2. The van der Waals surface area contributed by atoms with Crippen molar-refractivity contribution in [3.8, 4) is 5.75 Å². The summed E-state index contributed by atoms with van der Waals surface area (Å²) in [6, 6.07) is 15.6. The molecule has 1 N–H and O–H groups in total. The average molecular weight is 352 g/mol. The first-order valence-electron chi connectivity index (χ1n) is 9.25. The standard InChI is InChI=1S/C22H28N2O2/c1-22(2,3)18-9-5-6-10-19(18)23-12-14-24(15-13-23)21(26)16-17-8-4-7-11-20(17)25/h4-11,25H,12-16H2,1-3H3. The van der Waals surface area contributed by atoms with Crippen molar-refractivity contribution in [3.05, 3.63) is 59.7 Å². The van der Waals surface area contributed by atoms with Gasteiger partial charge < -0.3 is 14.9 Å². The molecule has 2 aromatic carbocycles. The first kappa shape index (κ1) is 18.3. The van der Waals surface area contributed by atoms with Crippen molar-refractivity contribution in [2.24, 2.45) is 0 Å². The van der Waals surface area contributed by atoms with Crippen molar-refractivity contribution in [1.82, 2.24) is 4.90 Å². The number of rotatable bonds is 3. The highest BCUT2D eigenvalue weighted by molar-refractivity contribution is 5.79. The number of para-hydroxylation sites is 2. The third kappa shape index (κ3) is 4.01. The molecule has 2 aromatic rings. The van der Waals surface area contributed by atoms with Crippen LogP contribution >= 0.6 is 0 Å². The number of phenols is 1. The highest BCUT2D eigenvalue weighted by atomic mass is 16.3. The summed E-state index contributed by atoms with van der Waals surface area (Å²) in [6.45, 7) is 9.79. The van der Waals surface area contributed by atoms with Crippen LogP contribution in [0, 0.1) is 0 Å². The molecule has 0 aromatic heterocycles. The molecule has 1 aliphatic rings. The predicted octanol–water partition coefficient (Wildman–Crippen LogP) is 3.58. The maximum Gasteiger partial charge on any atom is 0.227 e. The molecule has 1 fully saturated rings. The lowest BCUT2D eigenvalue weighted by atomic mass is 9.85. The molecule has 0 atom stereocenters. The summed E-state index contributed by atoms with van der Waals surface area (Å²) in [6.07, 6.45) is 0.255. The predicted molar refractivity (Wildman–Crippen MR) is 106 cm³/mol. The van der Waals surface area contributed by atoms with Crippen molar-refractivity contribution in [3.63, 3.8) is 0 Å². The summed E-state index contributed by atoms with van der Waals surface area (Å²) in [7, 11) is 0. The van der Waals surface area contributed by atoms with Crippen molar-refractivity contribution in [2.75, 3.05) is 31.1 Å². The van der Waals surface area contributed by atoms with E-state index in [0.717, 1.165) is 13.1 Å². The fourth-order valence-electron chi connectivity index (χ4n) is 3.52. The number of nitrogens with zero attached hydrogens (tertiary/aromatic N) is 2. The van der Waals surface area contributed by atoms with Crippen LogP contribution in [-0.4, -0.2) is 42.1 Å². The Labute approximate surface area is 156 Å². The van der Waals surface area contributed by atoms with Gasteiger partial charge in [0.15, 0.2) is 0 Å². The van der Waals surface area contributed by atoms with E-state index in [4.69, 9.17) is 0 Å². The number of aromatic hydroxyl groups is 1. The molecule has 4 nitrogen and oxygen atoms in total. The average Bonchev–Trinajstić information content (AvgIpc) is 2.63. The second-order valence-electron chi connectivity index (χ2n) is 7.94. The molecule has 1 saturated heterocycles. The van der Waals surface area contributed by atoms with Gasteiger partial charge in [-0.2, -0.15) is 0 Å². The lowest BCUT2D eigenvalue weighted by molar-refractivity contribution is -0.130. The van der Waals surface area contributed by atoms with Gasteiger partial charge in [-0.05, 0) is 23.1 Å². The molecule has 138 valence electrons. The molecule has 0 aliphatic carbocycles. The van der Waals surface area contributed by atoms with Gasteiger partial charge in [0.05, 0.1) is 6.42 Å². The number of carbonyl (C=O) groups excluding carboxylic acids is 1. The number of piperazine rings is 1. The summed E-state index contributed by atoms with van der Waals surface area (Å²) in [5, 5.41) is 9.88. The van der Waals surface area contributed by atoms with Crippen LogP contribution < -0.4 is 4.90 Å². The van der Waals surface area contributed by atoms with E-state index in [1.165, 1.54) is 11.3 Å². The van der Waals surface area contributed by atoms with Gasteiger partial charge in [0.2, 0.25) is 5.91 Å². The molecule has 0 unspecified atom stereocenters. The zero-order valence-corrected chi connectivity index (χ0v) is 15.9. The number of anilines is 1. The zero-order valence-electron chi connectivity index (χ0n) is 15.9. The Morgan fingerprint density at radius 2 is 1.58 bits per heavy atom. The van der Waals surface area contributed by atoms with E-state index in [1.54, 1.807) is 12.1 Å². The lowest BCUT2D eigenvalue weighted by Crippen LogP contribution is -2.49. The maximum atomic E-state index is 12.6. The van der Waals surface area contributed by atoms with E-state index in [2.05, 4.69) is 49.9 Å². The first-order chi connectivity index (χ1) is 12.4. The van der Waals surface area contributed by atoms with Crippen LogP contribution in [0.15, 0.2) is 48.5 Å². The van der Waals surface area contributed by atoms with Crippen molar-refractivity contribution >= 4 is 11.6 Å². The molecule has 1 aliphatic heterocycles. The van der Waals surface area contributed by atoms with Gasteiger partial charge in [-0.25, -0.2) is 0 Å². The third-order valence-corrected chi connectivity index (χ3v) is 5.02. The number of hydrogen-bond donors (Lipinski definition) is 1. The van der Waals surface area contributed by atoms with Gasteiger partial charge >= 0.3 is 0 Å². The number of benzene rings is 2. The molecular weight excluding hydrogens is 324 g/mol. The fraction of sp³-hybridized carbons (Fsp3) is 0.409. The van der Waals surface area contributed by atoms with Gasteiger partial charge in [0, 0.05) is 37.4 Å². The Kier molecular flexibility index (Phi) is 5.21. The minimum atomic E-state index is 0.0789. The van der Waals surface area contributed by atoms with Crippen LogP contribution in [0.4, 0.5) is 5.69 Å². The second-order valence-corrected chi connectivity index (χ2v) is 7.94. The molecule has 0 saturated carbocycles. The van der Waals surface area contributed by atoms with E-state index >= 15 is 0 Å². The zero-order chi connectivity index (χ0) is 18.7. The molecule has 0 spiro atoms. The summed E-state index contributed by atoms with van der Waals surface area (Å²) >= 11 is 0. The quantitative estimate of drug-likeness (QED) is 0.918. The van der Waals surface area contributed by atoms with E-state index < -0.39 is 0 Å². The van der Waals surface area contributed by atoms with Crippen molar-refractivity contribution in [2.45, 2.75) is 32.6 Å². The smallest absolute Gasteiger partial charge is 0.227 e. The highest BCUT2D eigenvalue weighted by Gasteiger charge is 2.25. The number of phenolic OH excluding ortho intramolecular Hbond substituents is 1. The fourth-order valence-corrected chi connectivity index (χ4v) is 3.52. The van der Waals surface area contributed by atoms with E-state index in [0.29, 0.717) is 18.7 Å². The van der Waals surface area contributed by atoms with E-state index in [1.807, 2.05) is 17.0 Å². The summed E-state index contributed by atoms with van der Waals surface area (Å²) in [4.78, 5) is 16.9. The summed E-state index contributed by atoms with van der Waals surface area (Å²) < 4.78 is 0. The van der Waals surface area contributed by atoms with Crippen molar-refractivity contribution in [1.29, 1.82) is 0 Å². The Morgan fingerprint density at radius 1 is 0.962 bits per heavy atom. The monoisotopic (exact) mass is 352 g/mol. The number of amides is 1.